The van der Waals surface area contributed by atoms with Crippen LogP contribution in [0, 0.1) is 0 Å². The van der Waals surface area contributed by atoms with Gasteiger partial charge in [-0.05, 0) is 33.5 Å². The van der Waals surface area contributed by atoms with E-state index in [1.54, 1.807) is 13.2 Å². The summed E-state index contributed by atoms with van der Waals surface area (Å²) < 4.78 is 0. The molecule has 0 aliphatic carbocycles. The molecule has 0 saturated carbocycles. The summed E-state index contributed by atoms with van der Waals surface area (Å²) in [5.41, 5.74) is 0.349. The van der Waals surface area contributed by atoms with Gasteiger partial charge in [0.05, 0.1) is 12.4 Å². The molecule has 0 fully saturated rings. The Kier molecular flexibility index (Phi) is 6.07. The third-order valence-electron chi connectivity index (χ3n) is 2.46. The molecule has 1 rings (SSSR count). The van der Waals surface area contributed by atoms with Crippen LogP contribution in [0.1, 0.15) is 23.3 Å². The number of aromatic nitrogens is 2. The zero-order chi connectivity index (χ0) is 13.4. The first-order chi connectivity index (χ1) is 8.63. The van der Waals surface area contributed by atoms with E-state index in [1.165, 1.54) is 6.20 Å². The lowest BCUT2D eigenvalue weighted by molar-refractivity contribution is 0.0947. The highest BCUT2D eigenvalue weighted by Crippen LogP contribution is 1.99. The van der Waals surface area contributed by atoms with E-state index in [9.17, 15) is 4.79 Å². The first-order valence-corrected chi connectivity index (χ1v) is 6.06. The lowest BCUT2D eigenvalue weighted by Crippen LogP contribution is -2.26. The molecule has 0 aliphatic heterocycles. The quantitative estimate of drug-likeness (QED) is 0.694. The molecule has 6 nitrogen and oxygen atoms in total. The van der Waals surface area contributed by atoms with Crippen LogP contribution in [0.4, 0.5) is 5.82 Å². The molecule has 1 heterocycles. The number of hydrogen-bond donors (Lipinski definition) is 2. The van der Waals surface area contributed by atoms with Gasteiger partial charge in [0.15, 0.2) is 0 Å². The summed E-state index contributed by atoms with van der Waals surface area (Å²) in [7, 11) is 5.84. The second-order valence-corrected chi connectivity index (χ2v) is 4.30. The molecule has 1 aromatic rings. The number of nitrogens with zero attached hydrogens (tertiary/aromatic N) is 3. The van der Waals surface area contributed by atoms with Gasteiger partial charge in [0.2, 0.25) is 0 Å². The van der Waals surface area contributed by atoms with E-state index in [1.807, 2.05) is 14.1 Å². The van der Waals surface area contributed by atoms with Crippen LogP contribution in [-0.4, -0.2) is 55.0 Å². The van der Waals surface area contributed by atoms with Crippen LogP contribution < -0.4 is 10.6 Å². The van der Waals surface area contributed by atoms with E-state index in [-0.39, 0.29) is 5.91 Å². The van der Waals surface area contributed by atoms with Crippen LogP contribution in [0.3, 0.4) is 0 Å². The zero-order valence-corrected chi connectivity index (χ0v) is 11.2. The van der Waals surface area contributed by atoms with Crippen molar-refractivity contribution >= 4 is 11.7 Å². The maximum atomic E-state index is 11.7. The summed E-state index contributed by atoms with van der Waals surface area (Å²) in [6.45, 7) is 1.70. The number of carbonyl (C=O) groups excluding carboxylic acids is 1. The maximum absolute atomic E-state index is 11.7. The minimum Gasteiger partial charge on any atom is -0.372 e. The highest BCUT2D eigenvalue weighted by atomic mass is 16.1. The van der Waals surface area contributed by atoms with E-state index in [0.29, 0.717) is 18.1 Å². The van der Waals surface area contributed by atoms with Crippen molar-refractivity contribution in [2.75, 3.05) is 39.5 Å². The lowest BCUT2D eigenvalue weighted by atomic mass is 10.3. The van der Waals surface area contributed by atoms with Crippen molar-refractivity contribution in [1.29, 1.82) is 0 Å². The fourth-order valence-corrected chi connectivity index (χ4v) is 1.42. The summed E-state index contributed by atoms with van der Waals surface area (Å²) in [6, 6.07) is 0. The minimum absolute atomic E-state index is 0.171. The fraction of sp³-hybridized carbons (Fsp3) is 0.583. The fourth-order valence-electron chi connectivity index (χ4n) is 1.42. The van der Waals surface area contributed by atoms with E-state index in [4.69, 9.17) is 0 Å². The molecule has 0 radical (unpaired) electrons. The highest BCUT2D eigenvalue weighted by molar-refractivity contribution is 5.91. The smallest absolute Gasteiger partial charge is 0.271 e. The molecule has 0 atom stereocenters. The first kappa shape index (κ1) is 14.4. The van der Waals surface area contributed by atoms with Gasteiger partial charge >= 0.3 is 0 Å². The van der Waals surface area contributed by atoms with E-state index in [2.05, 4.69) is 25.5 Å². The van der Waals surface area contributed by atoms with E-state index >= 15 is 0 Å². The second-order valence-electron chi connectivity index (χ2n) is 4.30. The number of amides is 1. The molecule has 0 saturated heterocycles. The third-order valence-corrected chi connectivity index (χ3v) is 2.46. The average Bonchev–Trinajstić information content (AvgIpc) is 2.38. The standard InChI is InChI=1S/C12H21N5O/c1-13-11-9-15-10(8-16-11)12(18)14-6-4-5-7-17(2)3/h8-9H,4-7H2,1-3H3,(H,13,16)(H,14,18). The number of nitrogens with one attached hydrogen (secondary N) is 2. The molecule has 0 aliphatic rings. The second kappa shape index (κ2) is 7.60. The van der Waals surface area contributed by atoms with Crippen molar-refractivity contribution in [2.24, 2.45) is 0 Å². The monoisotopic (exact) mass is 251 g/mol. The Morgan fingerprint density at radius 1 is 1.28 bits per heavy atom. The molecule has 0 unspecified atom stereocenters. The largest absolute Gasteiger partial charge is 0.372 e. The molecular weight excluding hydrogens is 230 g/mol. The maximum Gasteiger partial charge on any atom is 0.271 e. The van der Waals surface area contributed by atoms with Crippen molar-refractivity contribution in [3.8, 4) is 0 Å². The number of hydrogen-bond acceptors (Lipinski definition) is 5. The molecule has 18 heavy (non-hydrogen) atoms. The molecule has 1 aromatic heterocycles. The Bertz CT molecular complexity index is 363. The number of rotatable bonds is 7. The van der Waals surface area contributed by atoms with E-state index < -0.39 is 0 Å². The first-order valence-electron chi connectivity index (χ1n) is 6.06. The van der Waals surface area contributed by atoms with Gasteiger partial charge in [-0.3, -0.25) is 4.79 Å². The number of anilines is 1. The van der Waals surface area contributed by atoms with Gasteiger partial charge < -0.3 is 15.5 Å². The Morgan fingerprint density at radius 3 is 2.61 bits per heavy atom. The molecule has 100 valence electrons. The van der Waals surface area contributed by atoms with Crippen LogP contribution in [0.25, 0.3) is 0 Å². The van der Waals surface area contributed by atoms with Gasteiger partial charge in [0, 0.05) is 13.6 Å². The van der Waals surface area contributed by atoms with Gasteiger partial charge in [-0.1, -0.05) is 0 Å². The Morgan fingerprint density at radius 2 is 2.06 bits per heavy atom. The van der Waals surface area contributed by atoms with Crippen LogP contribution in [-0.2, 0) is 0 Å². The minimum atomic E-state index is -0.171. The van der Waals surface area contributed by atoms with Crippen molar-refractivity contribution < 1.29 is 4.79 Å². The van der Waals surface area contributed by atoms with Crippen molar-refractivity contribution in [2.45, 2.75) is 12.8 Å². The normalized spacial score (nSPS) is 10.4. The van der Waals surface area contributed by atoms with Gasteiger partial charge in [0.25, 0.3) is 5.91 Å². The Hall–Kier alpha value is -1.69. The van der Waals surface area contributed by atoms with Crippen LogP contribution in [0.2, 0.25) is 0 Å². The predicted molar refractivity (Wildman–Crippen MR) is 71.7 cm³/mol. The number of carbonyl (C=O) groups is 1. The van der Waals surface area contributed by atoms with Crippen molar-refractivity contribution in [3.63, 3.8) is 0 Å². The average molecular weight is 251 g/mol. The van der Waals surface area contributed by atoms with Gasteiger partial charge in [0.1, 0.15) is 11.5 Å². The highest BCUT2D eigenvalue weighted by Gasteiger charge is 2.06. The summed E-state index contributed by atoms with van der Waals surface area (Å²) in [4.78, 5) is 21.9. The van der Waals surface area contributed by atoms with Crippen molar-refractivity contribution in [1.82, 2.24) is 20.2 Å². The van der Waals surface area contributed by atoms with Crippen molar-refractivity contribution in [3.05, 3.63) is 18.1 Å². The molecule has 0 aromatic carbocycles. The summed E-state index contributed by atoms with van der Waals surface area (Å²) >= 11 is 0. The molecule has 0 bridgehead atoms. The van der Waals surface area contributed by atoms with Crippen LogP contribution in [0.15, 0.2) is 12.4 Å². The Labute approximate surface area is 108 Å². The van der Waals surface area contributed by atoms with E-state index in [0.717, 1.165) is 19.4 Å². The topological polar surface area (TPSA) is 70.2 Å². The Balaban J connectivity index is 2.27. The molecular formula is C12H21N5O. The molecule has 0 spiro atoms. The van der Waals surface area contributed by atoms with Crippen LogP contribution >= 0.6 is 0 Å². The third kappa shape index (κ3) is 5.09. The van der Waals surface area contributed by atoms with Gasteiger partial charge in [-0.2, -0.15) is 0 Å². The summed E-state index contributed by atoms with van der Waals surface area (Å²) in [5.74, 6) is 0.479. The molecule has 2 N–H and O–H groups in total. The SMILES string of the molecule is CNc1cnc(C(=O)NCCCCN(C)C)cn1. The molecule has 1 amide bonds. The predicted octanol–water partition coefficient (Wildman–Crippen LogP) is 0.590. The molecule has 6 heteroatoms. The van der Waals surface area contributed by atoms with Gasteiger partial charge in [-0.15, -0.1) is 0 Å². The number of unbranched alkanes of at least 4 members (excludes halogenated alkanes) is 1. The van der Waals surface area contributed by atoms with Crippen LogP contribution in [0.5, 0.6) is 0 Å². The summed E-state index contributed by atoms with van der Waals surface area (Å²) in [6.07, 6.45) is 5.05. The summed E-state index contributed by atoms with van der Waals surface area (Å²) in [5, 5.41) is 5.68. The zero-order valence-electron chi connectivity index (χ0n) is 11.2. The van der Waals surface area contributed by atoms with Gasteiger partial charge in [-0.25, -0.2) is 9.97 Å². The lowest BCUT2D eigenvalue weighted by Gasteiger charge is -2.09.